The van der Waals surface area contributed by atoms with Crippen molar-refractivity contribution in [3.8, 4) is 0 Å². The predicted molar refractivity (Wildman–Crippen MR) is 54.7 cm³/mol. The number of carbonyl (C=O) groups is 1. The first-order valence-corrected chi connectivity index (χ1v) is 4.94. The van der Waals surface area contributed by atoms with Crippen LogP contribution < -0.4 is 4.90 Å². The summed E-state index contributed by atoms with van der Waals surface area (Å²) in [7, 11) is 0. The average Bonchev–Trinajstić information content (AvgIpc) is 2.66. The molecule has 5 heteroatoms. The molecule has 2 heterocycles. The fourth-order valence-corrected chi connectivity index (χ4v) is 1.79. The maximum absolute atomic E-state index is 10.8. The number of rotatable bonds is 2. The second-order valence-corrected chi connectivity index (χ2v) is 3.73. The second kappa shape index (κ2) is 3.84. The van der Waals surface area contributed by atoms with Crippen LogP contribution in [0.4, 0.5) is 5.82 Å². The number of aliphatic carboxylic acids is 1. The highest BCUT2D eigenvalue weighted by Crippen LogP contribution is 2.21. The Morgan fingerprint density at radius 3 is 3.07 bits per heavy atom. The van der Waals surface area contributed by atoms with Crippen molar-refractivity contribution >= 4 is 11.8 Å². The predicted octanol–water partition coefficient (Wildman–Crippen LogP) is 0.696. The maximum Gasteiger partial charge on any atom is 0.308 e. The van der Waals surface area contributed by atoms with E-state index in [1.54, 1.807) is 6.20 Å². The molecule has 0 radical (unpaired) electrons. The minimum absolute atomic E-state index is 0.264. The highest BCUT2D eigenvalue weighted by molar-refractivity contribution is 5.71. The monoisotopic (exact) mass is 207 g/mol. The van der Waals surface area contributed by atoms with Gasteiger partial charge in [0.1, 0.15) is 11.6 Å². The first-order valence-electron chi connectivity index (χ1n) is 4.94. The van der Waals surface area contributed by atoms with Gasteiger partial charge in [-0.15, -0.1) is 0 Å². The lowest BCUT2D eigenvalue weighted by Crippen LogP contribution is -2.23. The van der Waals surface area contributed by atoms with Gasteiger partial charge in [-0.25, -0.2) is 9.97 Å². The molecule has 2 rings (SSSR count). The van der Waals surface area contributed by atoms with Crippen molar-refractivity contribution in [2.24, 2.45) is 5.92 Å². The Morgan fingerprint density at radius 1 is 1.67 bits per heavy atom. The van der Waals surface area contributed by atoms with Crippen LogP contribution in [0, 0.1) is 12.8 Å². The molecular formula is C10H13N3O2. The van der Waals surface area contributed by atoms with Crippen LogP contribution in [0.3, 0.4) is 0 Å². The SMILES string of the molecule is Cc1nccc(N2CCC(C(=O)O)C2)n1. The van der Waals surface area contributed by atoms with E-state index in [9.17, 15) is 4.79 Å². The van der Waals surface area contributed by atoms with Crippen molar-refractivity contribution in [1.82, 2.24) is 9.97 Å². The summed E-state index contributed by atoms with van der Waals surface area (Å²) in [5, 5.41) is 8.87. The highest BCUT2D eigenvalue weighted by atomic mass is 16.4. The zero-order valence-corrected chi connectivity index (χ0v) is 8.55. The van der Waals surface area contributed by atoms with E-state index < -0.39 is 5.97 Å². The van der Waals surface area contributed by atoms with Gasteiger partial charge in [0, 0.05) is 19.3 Å². The van der Waals surface area contributed by atoms with Gasteiger partial charge in [-0.2, -0.15) is 0 Å². The molecule has 0 aliphatic carbocycles. The van der Waals surface area contributed by atoms with Crippen molar-refractivity contribution in [3.05, 3.63) is 18.1 Å². The molecule has 1 aliphatic heterocycles. The summed E-state index contributed by atoms with van der Waals surface area (Å²) in [4.78, 5) is 21.1. The van der Waals surface area contributed by atoms with Gasteiger partial charge in [-0.1, -0.05) is 0 Å². The third kappa shape index (κ3) is 2.06. The van der Waals surface area contributed by atoms with E-state index in [-0.39, 0.29) is 5.92 Å². The molecule has 0 bridgehead atoms. The van der Waals surface area contributed by atoms with Gasteiger partial charge in [0.2, 0.25) is 0 Å². The number of aryl methyl sites for hydroxylation is 1. The van der Waals surface area contributed by atoms with Crippen LogP contribution in [0.1, 0.15) is 12.2 Å². The standard InChI is InChI=1S/C10H13N3O2/c1-7-11-4-2-9(12-7)13-5-3-8(6-13)10(14)15/h2,4,8H,3,5-6H2,1H3,(H,14,15). The Labute approximate surface area is 87.8 Å². The normalized spacial score (nSPS) is 20.6. The summed E-state index contributed by atoms with van der Waals surface area (Å²) in [6.45, 7) is 3.13. The zero-order valence-electron chi connectivity index (χ0n) is 8.55. The van der Waals surface area contributed by atoms with Gasteiger partial charge in [0.15, 0.2) is 0 Å². The van der Waals surface area contributed by atoms with Gasteiger partial charge in [-0.3, -0.25) is 4.79 Å². The Morgan fingerprint density at radius 2 is 2.47 bits per heavy atom. The number of aromatic nitrogens is 2. The molecule has 1 N–H and O–H groups in total. The molecule has 15 heavy (non-hydrogen) atoms. The number of carboxylic acids is 1. The van der Waals surface area contributed by atoms with E-state index in [2.05, 4.69) is 9.97 Å². The Kier molecular flexibility index (Phi) is 2.53. The molecule has 80 valence electrons. The molecule has 0 saturated carbocycles. The van der Waals surface area contributed by atoms with Gasteiger partial charge in [-0.05, 0) is 19.4 Å². The third-order valence-electron chi connectivity index (χ3n) is 2.62. The van der Waals surface area contributed by atoms with Crippen LogP contribution in [-0.2, 0) is 4.79 Å². The maximum atomic E-state index is 10.8. The number of hydrogen-bond acceptors (Lipinski definition) is 4. The molecule has 1 aliphatic rings. The lowest BCUT2D eigenvalue weighted by atomic mass is 10.1. The van der Waals surface area contributed by atoms with E-state index >= 15 is 0 Å². The highest BCUT2D eigenvalue weighted by Gasteiger charge is 2.28. The van der Waals surface area contributed by atoms with Crippen molar-refractivity contribution in [1.29, 1.82) is 0 Å². The molecule has 1 atom stereocenters. The Balaban J connectivity index is 2.11. The van der Waals surface area contributed by atoms with Crippen LogP contribution in [0.15, 0.2) is 12.3 Å². The van der Waals surface area contributed by atoms with Crippen molar-refractivity contribution in [3.63, 3.8) is 0 Å². The lowest BCUT2D eigenvalue weighted by molar-refractivity contribution is -0.140. The van der Waals surface area contributed by atoms with Crippen LogP contribution in [0.5, 0.6) is 0 Å². The van der Waals surface area contributed by atoms with E-state index in [1.165, 1.54) is 0 Å². The first-order chi connectivity index (χ1) is 7.16. The smallest absolute Gasteiger partial charge is 0.308 e. The minimum atomic E-state index is -0.719. The molecule has 0 amide bonds. The van der Waals surface area contributed by atoms with Crippen molar-refractivity contribution in [2.45, 2.75) is 13.3 Å². The fraction of sp³-hybridized carbons (Fsp3) is 0.500. The van der Waals surface area contributed by atoms with Gasteiger partial charge in [0.25, 0.3) is 0 Å². The van der Waals surface area contributed by atoms with E-state index in [1.807, 2.05) is 17.9 Å². The van der Waals surface area contributed by atoms with Gasteiger partial charge in [0.05, 0.1) is 5.92 Å². The Bertz CT molecular complexity index is 381. The molecule has 0 spiro atoms. The molecular weight excluding hydrogens is 194 g/mol. The lowest BCUT2D eigenvalue weighted by Gasteiger charge is -2.16. The van der Waals surface area contributed by atoms with E-state index in [4.69, 9.17) is 5.11 Å². The summed E-state index contributed by atoms with van der Waals surface area (Å²) in [6, 6.07) is 1.82. The topological polar surface area (TPSA) is 66.3 Å². The number of carboxylic acid groups (broad SMARTS) is 1. The molecule has 0 aromatic carbocycles. The largest absolute Gasteiger partial charge is 0.481 e. The fourth-order valence-electron chi connectivity index (χ4n) is 1.79. The molecule has 1 saturated heterocycles. The molecule has 1 aromatic heterocycles. The van der Waals surface area contributed by atoms with Crippen LogP contribution in [-0.4, -0.2) is 34.1 Å². The summed E-state index contributed by atoms with van der Waals surface area (Å²) >= 11 is 0. The molecule has 1 aromatic rings. The van der Waals surface area contributed by atoms with Crippen molar-refractivity contribution < 1.29 is 9.90 Å². The van der Waals surface area contributed by atoms with Crippen molar-refractivity contribution in [2.75, 3.05) is 18.0 Å². The Hall–Kier alpha value is -1.65. The quantitative estimate of drug-likeness (QED) is 0.773. The summed E-state index contributed by atoms with van der Waals surface area (Å²) in [6.07, 6.45) is 2.39. The second-order valence-electron chi connectivity index (χ2n) is 3.73. The van der Waals surface area contributed by atoms with Crippen LogP contribution >= 0.6 is 0 Å². The summed E-state index contributed by atoms with van der Waals surface area (Å²) < 4.78 is 0. The average molecular weight is 207 g/mol. The third-order valence-corrected chi connectivity index (χ3v) is 2.62. The number of anilines is 1. The minimum Gasteiger partial charge on any atom is -0.481 e. The molecule has 1 unspecified atom stereocenters. The van der Waals surface area contributed by atoms with Crippen LogP contribution in [0.2, 0.25) is 0 Å². The first kappa shape index (κ1) is 9.89. The zero-order chi connectivity index (χ0) is 10.8. The summed E-state index contributed by atoms with van der Waals surface area (Å²) in [5.41, 5.74) is 0. The van der Waals surface area contributed by atoms with E-state index in [0.717, 1.165) is 12.4 Å². The molecule has 5 nitrogen and oxygen atoms in total. The van der Waals surface area contributed by atoms with Gasteiger partial charge < -0.3 is 10.0 Å². The van der Waals surface area contributed by atoms with Crippen LogP contribution in [0.25, 0.3) is 0 Å². The number of hydrogen-bond donors (Lipinski definition) is 1. The van der Waals surface area contributed by atoms with Gasteiger partial charge >= 0.3 is 5.97 Å². The number of nitrogens with zero attached hydrogens (tertiary/aromatic N) is 3. The molecule has 1 fully saturated rings. The van der Waals surface area contributed by atoms with E-state index in [0.29, 0.717) is 18.8 Å². The summed E-state index contributed by atoms with van der Waals surface area (Å²) in [5.74, 6) is 0.557.